The normalized spacial score (nSPS) is 15.3. The van der Waals surface area contributed by atoms with E-state index < -0.39 is 6.04 Å². The van der Waals surface area contributed by atoms with Crippen LogP contribution in [0.2, 0.25) is 5.02 Å². The Morgan fingerprint density at radius 2 is 1.74 bits per heavy atom. The fourth-order valence-corrected chi connectivity index (χ4v) is 3.68. The van der Waals surface area contributed by atoms with E-state index in [-0.39, 0.29) is 18.2 Å². The second-order valence-electron chi connectivity index (χ2n) is 7.73. The molecule has 7 heteroatoms. The van der Waals surface area contributed by atoms with Crippen molar-refractivity contribution in [3.63, 3.8) is 0 Å². The van der Waals surface area contributed by atoms with Gasteiger partial charge in [0, 0.05) is 37.7 Å². The highest BCUT2D eigenvalue weighted by atomic mass is 35.5. The summed E-state index contributed by atoms with van der Waals surface area (Å²) in [7, 11) is 0. The van der Waals surface area contributed by atoms with E-state index in [1.807, 2.05) is 42.5 Å². The number of rotatable bonds is 9. The van der Waals surface area contributed by atoms with Gasteiger partial charge in [-0.15, -0.1) is 0 Å². The lowest BCUT2D eigenvalue weighted by molar-refractivity contribution is -0.140. The molecule has 1 fully saturated rings. The summed E-state index contributed by atoms with van der Waals surface area (Å²) in [5.41, 5.74) is 1.85. The second kappa shape index (κ2) is 11.8. The van der Waals surface area contributed by atoms with E-state index in [1.165, 1.54) is 0 Å². The summed E-state index contributed by atoms with van der Waals surface area (Å²) in [6, 6.07) is 16.4. The van der Waals surface area contributed by atoms with E-state index in [1.54, 1.807) is 24.0 Å². The Morgan fingerprint density at radius 3 is 2.42 bits per heavy atom. The summed E-state index contributed by atoms with van der Waals surface area (Å²) in [6.45, 7) is 6.67. The number of ether oxygens (including phenoxy) is 1. The summed E-state index contributed by atoms with van der Waals surface area (Å²) in [6.07, 6.45) is 0.250. The van der Waals surface area contributed by atoms with Crippen molar-refractivity contribution in [2.24, 2.45) is 0 Å². The van der Waals surface area contributed by atoms with E-state index in [9.17, 15) is 9.59 Å². The number of morpholine rings is 1. The molecule has 0 spiro atoms. The fraction of sp³-hybridized carbons (Fsp3) is 0.417. The van der Waals surface area contributed by atoms with Gasteiger partial charge in [0.2, 0.25) is 11.8 Å². The van der Waals surface area contributed by atoms with Crippen molar-refractivity contribution < 1.29 is 14.3 Å². The van der Waals surface area contributed by atoms with Gasteiger partial charge in [0.1, 0.15) is 6.04 Å². The zero-order chi connectivity index (χ0) is 22.1. The summed E-state index contributed by atoms with van der Waals surface area (Å²) >= 11 is 6.00. The van der Waals surface area contributed by atoms with E-state index in [0.29, 0.717) is 18.1 Å². The van der Waals surface area contributed by atoms with Crippen molar-refractivity contribution in [2.45, 2.75) is 25.9 Å². The van der Waals surface area contributed by atoms with Crippen LogP contribution in [0.1, 0.15) is 18.1 Å². The molecular weight excluding hydrogens is 414 g/mol. The molecule has 1 aliphatic heterocycles. The molecule has 1 atom stereocenters. The predicted octanol–water partition coefficient (Wildman–Crippen LogP) is 2.75. The lowest BCUT2D eigenvalue weighted by atomic mass is 10.1. The third kappa shape index (κ3) is 7.35. The number of carbonyl (C=O) groups excluding carboxylic acids is 2. The molecule has 3 rings (SSSR count). The van der Waals surface area contributed by atoms with Crippen molar-refractivity contribution in [1.29, 1.82) is 0 Å². The maximum absolute atomic E-state index is 13.1. The van der Waals surface area contributed by atoms with Crippen LogP contribution >= 0.6 is 11.6 Å². The lowest BCUT2D eigenvalue weighted by Gasteiger charge is -2.30. The number of nitrogens with one attached hydrogen (secondary N) is 1. The Morgan fingerprint density at radius 1 is 1.06 bits per heavy atom. The van der Waals surface area contributed by atoms with Gasteiger partial charge in [0.25, 0.3) is 0 Å². The molecule has 0 aromatic heterocycles. The number of benzene rings is 2. The largest absolute Gasteiger partial charge is 0.379 e. The van der Waals surface area contributed by atoms with Gasteiger partial charge in [-0.3, -0.25) is 14.5 Å². The van der Waals surface area contributed by atoms with Crippen molar-refractivity contribution in [3.05, 3.63) is 70.7 Å². The number of nitrogens with zero attached hydrogens (tertiary/aromatic N) is 2. The third-order valence-corrected chi connectivity index (χ3v) is 5.71. The Labute approximate surface area is 189 Å². The van der Waals surface area contributed by atoms with Crippen molar-refractivity contribution in [2.75, 3.05) is 39.4 Å². The molecule has 0 saturated carbocycles. The summed E-state index contributed by atoms with van der Waals surface area (Å²) in [5.74, 6) is -0.236. The highest BCUT2D eigenvalue weighted by Gasteiger charge is 2.26. The van der Waals surface area contributed by atoms with E-state index >= 15 is 0 Å². The van der Waals surface area contributed by atoms with Crippen LogP contribution in [0.4, 0.5) is 0 Å². The van der Waals surface area contributed by atoms with Crippen molar-refractivity contribution >= 4 is 23.4 Å². The topological polar surface area (TPSA) is 61.9 Å². The standard InChI is InChI=1S/C24H30ClN3O3/c1-19(24(30)26-11-12-27-13-15-31-16-14-27)28(18-21-7-9-22(25)10-8-21)23(29)17-20-5-3-2-4-6-20/h2-10,19H,11-18H2,1H3,(H,26,30)/t19-/m1/s1. The minimum absolute atomic E-state index is 0.0861. The fourth-order valence-electron chi connectivity index (χ4n) is 3.55. The van der Waals surface area contributed by atoms with Crippen LogP contribution in [0, 0.1) is 0 Å². The van der Waals surface area contributed by atoms with Gasteiger partial charge < -0.3 is 15.0 Å². The molecule has 1 heterocycles. The van der Waals surface area contributed by atoms with Gasteiger partial charge in [0.15, 0.2) is 0 Å². The maximum Gasteiger partial charge on any atom is 0.242 e. The molecule has 1 aliphatic rings. The van der Waals surface area contributed by atoms with Crippen LogP contribution in [-0.2, 0) is 27.3 Å². The molecule has 0 aliphatic carbocycles. The van der Waals surface area contributed by atoms with E-state index in [4.69, 9.17) is 16.3 Å². The molecule has 2 amide bonds. The minimum Gasteiger partial charge on any atom is -0.379 e. The molecule has 2 aromatic carbocycles. The van der Waals surface area contributed by atoms with Crippen LogP contribution < -0.4 is 5.32 Å². The molecule has 2 aromatic rings. The highest BCUT2D eigenvalue weighted by molar-refractivity contribution is 6.30. The number of amides is 2. The molecule has 0 unspecified atom stereocenters. The Balaban J connectivity index is 1.63. The lowest BCUT2D eigenvalue weighted by Crippen LogP contribution is -2.49. The van der Waals surface area contributed by atoms with Gasteiger partial charge in [0.05, 0.1) is 19.6 Å². The second-order valence-corrected chi connectivity index (χ2v) is 8.17. The average molecular weight is 444 g/mol. The molecule has 31 heavy (non-hydrogen) atoms. The van der Waals surface area contributed by atoms with Crippen molar-refractivity contribution in [3.8, 4) is 0 Å². The SMILES string of the molecule is C[C@H](C(=O)NCCN1CCOCC1)N(Cc1ccc(Cl)cc1)C(=O)Cc1ccccc1. The van der Waals surface area contributed by atoms with Crippen LogP contribution in [0.25, 0.3) is 0 Å². The van der Waals surface area contributed by atoms with Crippen LogP contribution in [0.15, 0.2) is 54.6 Å². The monoisotopic (exact) mass is 443 g/mol. The minimum atomic E-state index is -0.587. The van der Waals surface area contributed by atoms with Gasteiger partial charge in [-0.1, -0.05) is 54.1 Å². The molecule has 1 N–H and O–H groups in total. The summed E-state index contributed by atoms with van der Waals surface area (Å²) in [4.78, 5) is 29.9. The zero-order valence-corrected chi connectivity index (χ0v) is 18.7. The summed E-state index contributed by atoms with van der Waals surface area (Å²) < 4.78 is 5.35. The molecule has 1 saturated heterocycles. The molecular formula is C24H30ClN3O3. The molecule has 0 radical (unpaired) electrons. The first-order valence-electron chi connectivity index (χ1n) is 10.7. The van der Waals surface area contributed by atoms with Crippen LogP contribution in [-0.4, -0.2) is 67.0 Å². The van der Waals surface area contributed by atoms with Gasteiger partial charge in [-0.25, -0.2) is 0 Å². The number of hydrogen-bond donors (Lipinski definition) is 1. The number of halogens is 1. The van der Waals surface area contributed by atoms with Gasteiger partial charge in [-0.05, 0) is 30.2 Å². The smallest absolute Gasteiger partial charge is 0.242 e. The molecule has 0 bridgehead atoms. The van der Waals surface area contributed by atoms with E-state index in [0.717, 1.165) is 44.0 Å². The number of carbonyl (C=O) groups is 2. The van der Waals surface area contributed by atoms with E-state index in [2.05, 4.69) is 10.2 Å². The molecule has 6 nitrogen and oxygen atoms in total. The first-order chi connectivity index (χ1) is 15.0. The third-order valence-electron chi connectivity index (χ3n) is 5.46. The average Bonchev–Trinajstić information content (AvgIpc) is 2.79. The van der Waals surface area contributed by atoms with Crippen LogP contribution in [0.3, 0.4) is 0 Å². The zero-order valence-electron chi connectivity index (χ0n) is 17.9. The summed E-state index contributed by atoms with van der Waals surface area (Å²) in [5, 5.41) is 3.63. The van der Waals surface area contributed by atoms with Gasteiger partial charge in [-0.2, -0.15) is 0 Å². The first kappa shape index (κ1) is 23.3. The first-order valence-corrected chi connectivity index (χ1v) is 11.1. The predicted molar refractivity (Wildman–Crippen MR) is 122 cm³/mol. The Hall–Kier alpha value is -2.41. The Kier molecular flexibility index (Phi) is 8.88. The molecule has 166 valence electrons. The van der Waals surface area contributed by atoms with Gasteiger partial charge >= 0.3 is 0 Å². The Bertz CT molecular complexity index is 839. The van der Waals surface area contributed by atoms with Crippen LogP contribution in [0.5, 0.6) is 0 Å². The highest BCUT2D eigenvalue weighted by Crippen LogP contribution is 2.15. The maximum atomic E-state index is 13.1. The quantitative estimate of drug-likeness (QED) is 0.647. The number of hydrogen-bond acceptors (Lipinski definition) is 4. The van der Waals surface area contributed by atoms with Crippen molar-refractivity contribution in [1.82, 2.24) is 15.1 Å².